The van der Waals surface area contributed by atoms with E-state index in [1.54, 1.807) is 11.8 Å². The van der Waals surface area contributed by atoms with Gasteiger partial charge in [-0.3, -0.25) is 15.0 Å². The van der Waals surface area contributed by atoms with Crippen LogP contribution >= 0.6 is 0 Å². The number of nitrogens with two attached hydrogens (primary N) is 1. The van der Waals surface area contributed by atoms with Gasteiger partial charge in [0, 0.05) is 13.0 Å². The Labute approximate surface area is 90.0 Å². The third-order valence-corrected chi connectivity index (χ3v) is 2.92. The number of nitrogens with one attached hydrogen (secondary N) is 1. The summed E-state index contributed by atoms with van der Waals surface area (Å²) in [5, 5.41) is 0. The van der Waals surface area contributed by atoms with Gasteiger partial charge in [0.15, 0.2) is 0 Å². The summed E-state index contributed by atoms with van der Waals surface area (Å²) in [6.45, 7) is 4.48. The molecule has 2 amide bonds. The summed E-state index contributed by atoms with van der Waals surface area (Å²) in [6, 6.07) is -0.454. The molecule has 0 saturated carbocycles. The van der Waals surface area contributed by atoms with Crippen molar-refractivity contribution in [1.82, 2.24) is 10.3 Å². The molecule has 1 fully saturated rings. The lowest BCUT2D eigenvalue weighted by atomic mass is 10.0. The zero-order valence-corrected chi connectivity index (χ0v) is 9.32. The van der Waals surface area contributed by atoms with Crippen LogP contribution < -0.4 is 11.3 Å². The van der Waals surface area contributed by atoms with E-state index in [9.17, 15) is 9.59 Å². The van der Waals surface area contributed by atoms with Crippen LogP contribution in [0, 0.1) is 5.92 Å². The fraction of sp³-hybridized carbons (Fsp3) is 0.800. The van der Waals surface area contributed by atoms with E-state index in [2.05, 4.69) is 12.3 Å². The molecule has 0 spiro atoms. The van der Waals surface area contributed by atoms with Crippen LogP contribution in [0.2, 0.25) is 0 Å². The normalized spacial score (nSPS) is 23.0. The minimum absolute atomic E-state index is 0.0598. The van der Waals surface area contributed by atoms with Crippen molar-refractivity contribution >= 4 is 11.8 Å². The molecule has 0 bridgehead atoms. The number of hydrogen-bond acceptors (Lipinski definition) is 3. The minimum atomic E-state index is -0.454. The van der Waals surface area contributed by atoms with Crippen LogP contribution in [0.4, 0.5) is 0 Å². The van der Waals surface area contributed by atoms with E-state index in [1.807, 2.05) is 0 Å². The van der Waals surface area contributed by atoms with Crippen molar-refractivity contribution in [2.24, 2.45) is 11.8 Å². The summed E-state index contributed by atoms with van der Waals surface area (Å²) in [5.74, 6) is 5.20. The average molecular weight is 213 g/mol. The first-order chi connectivity index (χ1) is 7.10. The van der Waals surface area contributed by atoms with Gasteiger partial charge in [0.1, 0.15) is 6.04 Å². The first-order valence-electron chi connectivity index (χ1n) is 5.40. The highest BCUT2D eigenvalue weighted by Crippen LogP contribution is 2.23. The number of hydrogen-bond donors (Lipinski definition) is 2. The molecule has 1 aliphatic heterocycles. The van der Waals surface area contributed by atoms with Crippen molar-refractivity contribution in [2.45, 2.75) is 39.2 Å². The summed E-state index contributed by atoms with van der Waals surface area (Å²) in [5.41, 5.74) is 2.08. The lowest BCUT2D eigenvalue weighted by Gasteiger charge is -2.22. The SMILES string of the molecule is CCCC1CC(=O)N(C(C)C(=O)NN)C1. The second-order valence-corrected chi connectivity index (χ2v) is 4.09. The molecule has 1 aliphatic rings. The van der Waals surface area contributed by atoms with Gasteiger partial charge in [0.25, 0.3) is 5.91 Å². The number of carbonyl (C=O) groups is 2. The van der Waals surface area contributed by atoms with Crippen LogP contribution in [0.1, 0.15) is 33.1 Å². The lowest BCUT2D eigenvalue weighted by Crippen LogP contribution is -2.48. The molecule has 5 nitrogen and oxygen atoms in total. The second-order valence-electron chi connectivity index (χ2n) is 4.09. The minimum Gasteiger partial charge on any atom is -0.331 e. The largest absolute Gasteiger partial charge is 0.331 e. The molecule has 0 aromatic heterocycles. The molecule has 15 heavy (non-hydrogen) atoms. The van der Waals surface area contributed by atoms with Crippen LogP contribution in [0.3, 0.4) is 0 Å². The highest BCUT2D eigenvalue weighted by Gasteiger charge is 2.34. The molecule has 0 aromatic rings. The van der Waals surface area contributed by atoms with Gasteiger partial charge in [-0.15, -0.1) is 0 Å². The maximum atomic E-state index is 11.6. The second kappa shape index (κ2) is 5.11. The highest BCUT2D eigenvalue weighted by molar-refractivity contribution is 5.88. The summed E-state index contributed by atoms with van der Waals surface area (Å²) in [7, 11) is 0. The van der Waals surface area contributed by atoms with Crippen LogP contribution in [-0.4, -0.2) is 29.3 Å². The van der Waals surface area contributed by atoms with E-state index in [0.717, 1.165) is 12.8 Å². The van der Waals surface area contributed by atoms with Crippen molar-refractivity contribution in [3.8, 4) is 0 Å². The van der Waals surface area contributed by atoms with E-state index >= 15 is 0 Å². The molecule has 2 atom stereocenters. The zero-order chi connectivity index (χ0) is 11.4. The summed E-state index contributed by atoms with van der Waals surface area (Å²) in [4.78, 5) is 24.5. The van der Waals surface area contributed by atoms with Crippen LogP contribution in [0.5, 0.6) is 0 Å². The fourth-order valence-electron chi connectivity index (χ4n) is 2.05. The monoisotopic (exact) mass is 213 g/mol. The Kier molecular flexibility index (Phi) is 4.08. The number of rotatable bonds is 4. The molecule has 2 unspecified atom stereocenters. The number of carbonyl (C=O) groups excluding carboxylic acids is 2. The van der Waals surface area contributed by atoms with Gasteiger partial charge >= 0.3 is 0 Å². The van der Waals surface area contributed by atoms with Gasteiger partial charge in [-0.2, -0.15) is 0 Å². The number of amides is 2. The van der Waals surface area contributed by atoms with Crippen molar-refractivity contribution in [3.05, 3.63) is 0 Å². The molecule has 5 heteroatoms. The van der Waals surface area contributed by atoms with E-state index in [0.29, 0.717) is 18.9 Å². The van der Waals surface area contributed by atoms with Crippen LogP contribution in [0.15, 0.2) is 0 Å². The van der Waals surface area contributed by atoms with Crippen molar-refractivity contribution in [3.63, 3.8) is 0 Å². The third kappa shape index (κ3) is 2.68. The van der Waals surface area contributed by atoms with E-state index < -0.39 is 6.04 Å². The Morgan fingerprint density at radius 1 is 1.73 bits per heavy atom. The summed E-state index contributed by atoms with van der Waals surface area (Å²) in [6.07, 6.45) is 2.68. The van der Waals surface area contributed by atoms with Crippen LogP contribution in [0.25, 0.3) is 0 Å². The predicted octanol–water partition coefficient (Wildman–Crippen LogP) is 0.0134. The van der Waals surface area contributed by atoms with Gasteiger partial charge in [0.05, 0.1) is 0 Å². The summed E-state index contributed by atoms with van der Waals surface area (Å²) >= 11 is 0. The molecule has 0 aromatic carbocycles. The molecule has 0 aliphatic carbocycles. The summed E-state index contributed by atoms with van der Waals surface area (Å²) < 4.78 is 0. The van der Waals surface area contributed by atoms with Gasteiger partial charge in [-0.25, -0.2) is 5.84 Å². The van der Waals surface area contributed by atoms with Gasteiger partial charge in [0.2, 0.25) is 5.91 Å². The topological polar surface area (TPSA) is 75.4 Å². The Hall–Kier alpha value is -1.10. The molecular formula is C10H19N3O2. The van der Waals surface area contributed by atoms with Crippen molar-refractivity contribution in [2.75, 3.05) is 6.54 Å². The maximum absolute atomic E-state index is 11.6. The maximum Gasteiger partial charge on any atom is 0.256 e. The number of hydrazine groups is 1. The van der Waals surface area contributed by atoms with Gasteiger partial charge in [-0.1, -0.05) is 13.3 Å². The Morgan fingerprint density at radius 2 is 2.40 bits per heavy atom. The quantitative estimate of drug-likeness (QED) is 0.392. The average Bonchev–Trinajstić information content (AvgIpc) is 2.58. The smallest absolute Gasteiger partial charge is 0.256 e. The Morgan fingerprint density at radius 3 is 2.93 bits per heavy atom. The zero-order valence-electron chi connectivity index (χ0n) is 9.32. The van der Waals surface area contributed by atoms with Gasteiger partial charge in [-0.05, 0) is 19.3 Å². The molecule has 1 heterocycles. The molecule has 1 rings (SSSR count). The Bertz CT molecular complexity index is 255. The Balaban J connectivity index is 2.56. The van der Waals surface area contributed by atoms with E-state index in [-0.39, 0.29) is 11.8 Å². The lowest BCUT2D eigenvalue weighted by molar-refractivity contribution is -0.136. The first kappa shape index (κ1) is 12.0. The van der Waals surface area contributed by atoms with E-state index in [1.165, 1.54) is 0 Å². The van der Waals surface area contributed by atoms with Gasteiger partial charge < -0.3 is 4.90 Å². The predicted molar refractivity (Wildman–Crippen MR) is 56.5 cm³/mol. The number of likely N-dealkylation sites (tertiary alicyclic amines) is 1. The molecule has 0 radical (unpaired) electrons. The molecule has 86 valence electrons. The highest BCUT2D eigenvalue weighted by atomic mass is 16.2. The molecule has 3 N–H and O–H groups in total. The van der Waals surface area contributed by atoms with Crippen molar-refractivity contribution < 1.29 is 9.59 Å². The standard InChI is InChI=1S/C10H19N3O2/c1-3-4-8-5-9(14)13(6-8)7(2)10(15)12-11/h7-8H,3-6,11H2,1-2H3,(H,12,15). The fourth-order valence-corrected chi connectivity index (χ4v) is 2.05. The molecule has 1 saturated heterocycles. The van der Waals surface area contributed by atoms with Crippen molar-refractivity contribution in [1.29, 1.82) is 0 Å². The first-order valence-corrected chi connectivity index (χ1v) is 5.40. The van der Waals surface area contributed by atoms with Crippen LogP contribution in [-0.2, 0) is 9.59 Å². The number of nitrogens with zero attached hydrogens (tertiary/aromatic N) is 1. The third-order valence-electron chi connectivity index (χ3n) is 2.92. The molecular weight excluding hydrogens is 194 g/mol. The van der Waals surface area contributed by atoms with E-state index in [4.69, 9.17) is 5.84 Å².